The lowest BCUT2D eigenvalue weighted by molar-refractivity contribution is -0.130. The van der Waals surface area contributed by atoms with Crippen LogP contribution in [0.15, 0.2) is 48.5 Å². The third kappa shape index (κ3) is 6.50. The molecule has 0 radical (unpaired) electrons. The molecule has 7 heteroatoms. The minimum absolute atomic E-state index is 0.0825. The van der Waals surface area contributed by atoms with Crippen LogP contribution in [0.4, 0.5) is 4.39 Å². The Morgan fingerprint density at radius 2 is 1.61 bits per heavy atom. The van der Waals surface area contributed by atoms with Gasteiger partial charge in [-0.25, -0.2) is 4.39 Å². The van der Waals surface area contributed by atoms with Gasteiger partial charge in [0.1, 0.15) is 17.9 Å². The van der Waals surface area contributed by atoms with Crippen LogP contribution >= 0.6 is 0 Å². The number of amides is 3. The monoisotopic (exact) mass is 385 g/mol. The van der Waals surface area contributed by atoms with E-state index in [0.29, 0.717) is 5.56 Å². The highest BCUT2D eigenvalue weighted by Crippen LogP contribution is 2.09. The standard InChI is InChI=1S/C21H24FN3O3/c1-13-6-8-15(9-7-13)11-18(20(23)27)25-21(28)19(24-14(2)26)12-16-4-3-5-17(22)10-16/h3-10,18-19H,11-12H2,1-2H3,(H2,23,27)(H,24,26)(H,25,28)/t18-,19-/m0/s1. The van der Waals surface area contributed by atoms with Crippen LogP contribution in [0.25, 0.3) is 0 Å². The van der Waals surface area contributed by atoms with Crippen LogP contribution in [0.3, 0.4) is 0 Å². The molecule has 2 aromatic carbocycles. The van der Waals surface area contributed by atoms with Gasteiger partial charge in [0.2, 0.25) is 17.7 Å². The number of hydrogen-bond acceptors (Lipinski definition) is 3. The number of halogens is 1. The average Bonchev–Trinajstić information content (AvgIpc) is 2.62. The molecular formula is C21H24FN3O3. The Labute approximate surface area is 163 Å². The number of hydrogen-bond donors (Lipinski definition) is 3. The first-order valence-electron chi connectivity index (χ1n) is 8.91. The van der Waals surface area contributed by atoms with E-state index in [1.54, 1.807) is 6.07 Å². The highest BCUT2D eigenvalue weighted by molar-refractivity contribution is 5.91. The quantitative estimate of drug-likeness (QED) is 0.640. The van der Waals surface area contributed by atoms with Crippen LogP contribution in [-0.2, 0) is 27.2 Å². The molecule has 0 aromatic heterocycles. The topological polar surface area (TPSA) is 101 Å². The first-order valence-corrected chi connectivity index (χ1v) is 8.91. The maximum atomic E-state index is 13.4. The number of primary amides is 1. The molecule has 0 bridgehead atoms. The van der Waals surface area contributed by atoms with Crippen molar-refractivity contribution in [3.8, 4) is 0 Å². The van der Waals surface area contributed by atoms with Gasteiger partial charge in [0, 0.05) is 19.8 Å². The number of carbonyl (C=O) groups excluding carboxylic acids is 3. The van der Waals surface area contributed by atoms with Crippen LogP contribution in [0, 0.1) is 12.7 Å². The molecule has 2 atom stereocenters. The molecule has 2 rings (SSSR count). The van der Waals surface area contributed by atoms with E-state index in [4.69, 9.17) is 5.73 Å². The SMILES string of the molecule is CC(=O)N[C@@H](Cc1cccc(F)c1)C(=O)N[C@@H](Cc1ccc(C)cc1)C(N)=O. The molecule has 0 aliphatic carbocycles. The van der Waals surface area contributed by atoms with Gasteiger partial charge in [0.15, 0.2) is 0 Å². The summed E-state index contributed by atoms with van der Waals surface area (Å²) in [5.41, 5.74) is 7.91. The third-order valence-corrected chi connectivity index (χ3v) is 4.24. The van der Waals surface area contributed by atoms with E-state index in [-0.39, 0.29) is 12.8 Å². The van der Waals surface area contributed by atoms with E-state index in [1.807, 2.05) is 31.2 Å². The molecule has 28 heavy (non-hydrogen) atoms. The van der Waals surface area contributed by atoms with Crippen molar-refractivity contribution in [2.24, 2.45) is 5.73 Å². The van der Waals surface area contributed by atoms with Gasteiger partial charge in [-0.2, -0.15) is 0 Å². The third-order valence-electron chi connectivity index (χ3n) is 4.24. The van der Waals surface area contributed by atoms with Crippen molar-refractivity contribution >= 4 is 17.7 Å². The number of nitrogens with two attached hydrogens (primary N) is 1. The molecule has 3 amide bonds. The van der Waals surface area contributed by atoms with Crippen LogP contribution < -0.4 is 16.4 Å². The molecule has 148 valence electrons. The van der Waals surface area contributed by atoms with E-state index in [1.165, 1.54) is 25.1 Å². The second-order valence-corrected chi connectivity index (χ2v) is 6.74. The Bertz CT molecular complexity index is 852. The fraction of sp³-hybridized carbons (Fsp3) is 0.286. The van der Waals surface area contributed by atoms with Crippen molar-refractivity contribution in [1.29, 1.82) is 0 Å². The highest BCUT2D eigenvalue weighted by atomic mass is 19.1. The fourth-order valence-electron chi connectivity index (χ4n) is 2.81. The minimum Gasteiger partial charge on any atom is -0.368 e. The molecule has 0 aliphatic rings. The second kappa shape index (κ2) is 9.64. The molecular weight excluding hydrogens is 361 g/mol. The molecule has 0 heterocycles. The smallest absolute Gasteiger partial charge is 0.243 e. The Morgan fingerprint density at radius 3 is 2.18 bits per heavy atom. The van der Waals surface area contributed by atoms with E-state index in [9.17, 15) is 18.8 Å². The van der Waals surface area contributed by atoms with Gasteiger partial charge < -0.3 is 16.4 Å². The highest BCUT2D eigenvalue weighted by Gasteiger charge is 2.25. The zero-order chi connectivity index (χ0) is 20.7. The lowest BCUT2D eigenvalue weighted by Crippen LogP contribution is -2.54. The predicted molar refractivity (Wildman–Crippen MR) is 104 cm³/mol. The first-order chi connectivity index (χ1) is 13.2. The van der Waals surface area contributed by atoms with Gasteiger partial charge in [-0.05, 0) is 30.2 Å². The van der Waals surface area contributed by atoms with Gasteiger partial charge in [-0.15, -0.1) is 0 Å². The molecule has 6 nitrogen and oxygen atoms in total. The number of rotatable bonds is 8. The van der Waals surface area contributed by atoms with Gasteiger partial charge in [-0.3, -0.25) is 14.4 Å². The Morgan fingerprint density at radius 1 is 0.964 bits per heavy atom. The summed E-state index contributed by atoms with van der Waals surface area (Å²) >= 11 is 0. The summed E-state index contributed by atoms with van der Waals surface area (Å²) in [6.45, 7) is 3.23. The molecule has 0 saturated carbocycles. The van der Waals surface area contributed by atoms with Gasteiger partial charge in [0.05, 0.1) is 0 Å². The summed E-state index contributed by atoms with van der Waals surface area (Å²) in [5, 5.41) is 5.14. The molecule has 2 aromatic rings. The Kier molecular flexibility index (Phi) is 7.26. The number of benzene rings is 2. The van der Waals surface area contributed by atoms with Crippen molar-refractivity contribution in [3.63, 3.8) is 0 Å². The minimum atomic E-state index is -0.959. The number of aryl methyl sites for hydroxylation is 1. The molecule has 0 unspecified atom stereocenters. The number of nitrogens with one attached hydrogen (secondary N) is 2. The average molecular weight is 385 g/mol. The summed E-state index contributed by atoms with van der Waals surface area (Å²) in [6.07, 6.45) is 0.313. The maximum absolute atomic E-state index is 13.4. The molecule has 4 N–H and O–H groups in total. The van der Waals surface area contributed by atoms with E-state index < -0.39 is 35.6 Å². The summed E-state index contributed by atoms with van der Waals surface area (Å²) in [5.74, 6) is -2.09. The van der Waals surface area contributed by atoms with Gasteiger partial charge in [0.25, 0.3) is 0 Å². The fourth-order valence-corrected chi connectivity index (χ4v) is 2.81. The van der Waals surface area contributed by atoms with Crippen LogP contribution in [0.5, 0.6) is 0 Å². The predicted octanol–water partition coefficient (Wildman–Crippen LogP) is 1.39. The first kappa shape index (κ1) is 21.1. The van der Waals surface area contributed by atoms with Gasteiger partial charge in [-0.1, -0.05) is 42.0 Å². The lowest BCUT2D eigenvalue weighted by atomic mass is 10.0. The second-order valence-electron chi connectivity index (χ2n) is 6.74. The normalized spacial score (nSPS) is 12.7. The van der Waals surface area contributed by atoms with E-state index in [0.717, 1.165) is 11.1 Å². The van der Waals surface area contributed by atoms with Crippen LogP contribution in [0.1, 0.15) is 23.6 Å². The molecule has 0 saturated heterocycles. The lowest BCUT2D eigenvalue weighted by Gasteiger charge is -2.22. The Balaban J connectivity index is 2.12. The van der Waals surface area contributed by atoms with Crippen LogP contribution in [-0.4, -0.2) is 29.8 Å². The Hall–Kier alpha value is -3.22. The molecule has 0 aliphatic heterocycles. The molecule has 0 fully saturated rings. The van der Waals surface area contributed by atoms with E-state index >= 15 is 0 Å². The van der Waals surface area contributed by atoms with Crippen molar-refractivity contribution in [2.75, 3.05) is 0 Å². The van der Waals surface area contributed by atoms with Crippen molar-refractivity contribution in [2.45, 2.75) is 38.8 Å². The summed E-state index contributed by atoms with van der Waals surface area (Å²) in [6, 6.07) is 11.4. The van der Waals surface area contributed by atoms with Crippen molar-refractivity contribution in [3.05, 3.63) is 71.0 Å². The zero-order valence-corrected chi connectivity index (χ0v) is 15.9. The maximum Gasteiger partial charge on any atom is 0.243 e. The van der Waals surface area contributed by atoms with Crippen molar-refractivity contribution in [1.82, 2.24) is 10.6 Å². The largest absolute Gasteiger partial charge is 0.368 e. The van der Waals surface area contributed by atoms with Crippen molar-refractivity contribution < 1.29 is 18.8 Å². The summed E-state index contributed by atoms with van der Waals surface area (Å²) < 4.78 is 13.4. The zero-order valence-electron chi connectivity index (χ0n) is 15.9. The summed E-state index contributed by atoms with van der Waals surface area (Å²) in [4.78, 5) is 36.0. The number of carbonyl (C=O) groups is 3. The van der Waals surface area contributed by atoms with Crippen LogP contribution in [0.2, 0.25) is 0 Å². The van der Waals surface area contributed by atoms with Gasteiger partial charge >= 0.3 is 0 Å². The summed E-state index contributed by atoms with van der Waals surface area (Å²) in [7, 11) is 0. The molecule has 0 spiro atoms. The van der Waals surface area contributed by atoms with E-state index in [2.05, 4.69) is 10.6 Å².